The Balaban J connectivity index is 2.77. The van der Waals surface area contributed by atoms with Gasteiger partial charge in [-0.15, -0.1) is 0 Å². The normalized spacial score (nSPS) is 15.4. The summed E-state index contributed by atoms with van der Waals surface area (Å²) in [5.41, 5.74) is -1.21. The topological polar surface area (TPSA) is 20.2 Å². The van der Waals surface area contributed by atoms with Crippen LogP contribution in [-0.2, 0) is 11.8 Å². The summed E-state index contributed by atoms with van der Waals surface area (Å²) in [7, 11) is 0. The maximum absolute atomic E-state index is 12.4. The molecule has 1 aromatic rings. The van der Waals surface area contributed by atoms with Gasteiger partial charge in [0.05, 0.1) is 11.2 Å². The molecule has 102 valence electrons. The maximum atomic E-state index is 12.4. The van der Waals surface area contributed by atoms with Gasteiger partial charge in [0.2, 0.25) is 0 Å². The van der Waals surface area contributed by atoms with Crippen molar-refractivity contribution >= 4 is 0 Å². The van der Waals surface area contributed by atoms with Gasteiger partial charge in [-0.25, -0.2) is 0 Å². The van der Waals surface area contributed by atoms with E-state index in [1.807, 2.05) is 0 Å². The van der Waals surface area contributed by atoms with Crippen LogP contribution in [0.25, 0.3) is 0 Å². The van der Waals surface area contributed by atoms with E-state index in [0.29, 0.717) is 12.0 Å². The van der Waals surface area contributed by atoms with Crippen LogP contribution in [0, 0.1) is 0 Å². The molecule has 4 heteroatoms. The molecule has 0 amide bonds. The first-order valence-electron chi connectivity index (χ1n) is 6.17. The van der Waals surface area contributed by atoms with Crippen LogP contribution in [0.1, 0.15) is 50.7 Å². The van der Waals surface area contributed by atoms with E-state index in [1.54, 1.807) is 6.92 Å². The zero-order valence-corrected chi connectivity index (χ0v) is 10.7. The van der Waals surface area contributed by atoms with E-state index in [9.17, 15) is 18.3 Å². The monoisotopic (exact) mass is 260 g/mol. The Morgan fingerprint density at radius 1 is 1.00 bits per heavy atom. The van der Waals surface area contributed by atoms with Gasteiger partial charge in [0.25, 0.3) is 0 Å². The molecule has 0 spiro atoms. The van der Waals surface area contributed by atoms with Crippen molar-refractivity contribution in [2.75, 3.05) is 0 Å². The van der Waals surface area contributed by atoms with Gasteiger partial charge < -0.3 is 5.11 Å². The van der Waals surface area contributed by atoms with Crippen LogP contribution in [0.5, 0.6) is 0 Å². The fourth-order valence-electron chi connectivity index (χ4n) is 1.88. The zero-order chi connectivity index (χ0) is 13.8. The Morgan fingerprint density at radius 3 is 1.94 bits per heavy atom. The number of rotatable bonds is 5. The second kappa shape index (κ2) is 5.74. The van der Waals surface area contributed by atoms with Crippen LogP contribution in [0.15, 0.2) is 24.3 Å². The molecule has 1 aromatic carbocycles. The lowest BCUT2D eigenvalue weighted by Crippen LogP contribution is -2.21. The highest BCUT2D eigenvalue weighted by atomic mass is 19.4. The van der Waals surface area contributed by atoms with Crippen LogP contribution in [0.2, 0.25) is 0 Å². The van der Waals surface area contributed by atoms with Gasteiger partial charge in [-0.05, 0) is 31.0 Å². The van der Waals surface area contributed by atoms with Gasteiger partial charge in [0.15, 0.2) is 0 Å². The quantitative estimate of drug-likeness (QED) is 0.773. The highest BCUT2D eigenvalue weighted by Gasteiger charge is 2.31. The molecular weight excluding hydrogens is 241 g/mol. The van der Waals surface area contributed by atoms with Crippen LogP contribution < -0.4 is 0 Å². The smallest absolute Gasteiger partial charge is 0.385 e. The Morgan fingerprint density at radius 2 is 1.50 bits per heavy atom. The Kier molecular flexibility index (Phi) is 4.79. The van der Waals surface area contributed by atoms with Crippen molar-refractivity contribution < 1.29 is 18.3 Å². The fourth-order valence-corrected chi connectivity index (χ4v) is 1.88. The first kappa shape index (κ1) is 15.0. The van der Waals surface area contributed by atoms with E-state index in [1.165, 1.54) is 12.1 Å². The maximum Gasteiger partial charge on any atom is 0.416 e. The summed E-state index contributed by atoms with van der Waals surface area (Å²) < 4.78 is 37.2. The SMILES string of the molecule is CCCCCC(C)(O)c1ccc(C(F)(F)F)cc1. The second-order valence-electron chi connectivity index (χ2n) is 4.81. The molecule has 1 atom stereocenters. The lowest BCUT2D eigenvalue weighted by Gasteiger charge is -2.24. The molecule has 0 saturated heterocycles. The summed E-state index contributed by atoms with van der Waals surface area (Å²) in [6, 6.07) is 4.75. The number of aliphatic hydroxyl groups is 1. The first-order chi connectivity index (χ1) is 8.27. The van der Waals surface area contributed by atoms with E-state index in [2.05, 4.69) is 6.92 Å². The van der Waals surface area contributed by atoms with E-state index < -0.39 is 17.3 Å². The first-order valence-corrected chi connectivity index (χ1v) is 6.17. The number of halogens is 3. The number of unbranched alkanes of at least 4 members (excludes halogenated alkanes) is 2. The molecule has 0 bridgehead atoms. The molecule has 1 rings (SSSR count). The van der Waals surface area contributed by atoms with Crippen LogP contribution in [0.3, 0.4) is 0 Å². The molecule has 1 N–H and O–H groups in total. The molecule has 0 aliphatic rings. The minimum atomic E-state index is -4.33. The second-order valence-corrected chi connectivity index (χ2v) is 4.81. The molecule has 0 aliphatic heterocycles. The van der Waals surface area contributed by atoms with Gasteiger partial charge in [-0.3, -0.25) is 0 Å². The fraction of sp³-hybridized carbons (Fsp3) is 0.571. The summed E-state index contributed by atoms with van der Waals surface area (Å²) in [4.78, 5) is 0. The minimum absolute atomic E-state index is 0.534. The third kappa shape index (κ3) is 4.02. The van der Waals surface area contributed by atoms with Gasteiger partial charge in [0, 0.05) is 0 Å². The lowest BCUT2D eigenvalue weighted by molar-refractivity contribution is -0.137. The number of hydrogen-bond donors (Lipinski definition) is 1. The molecule has 0 radical (unpaired) electrons. The van der Waals surface area contributed by atoms with Gasteiger partial charge in [-0.1, -0.05) is 38.3 Å². The van der Waals surface area contributed by atoms with Gasteiger partial charge in [-0.2, -0.15) is 13.2 Å². The Labute approximate surface area is 106 Å². The van der Waals surface area contributed by atoms with E-state index in [4.69, 9.17) is 0 Å². The average molecular weight is 260 g/mol. The third-order valence-electron chi connectivity index (χ3n) is 3.10. The number of benzene rings is 1. The van der Waals surface area contributed by atoms with Crippen molar-refractivity contribution in [3.63, 3.8) is 0 Å². The highest BCUT2D eigenvalue weighted by molar-refractivity contribution is 5.28. The molecule has 18 heavy (non-hydrogen) atoms. The van der Waals surface area contributed by atoms with Crippen LogP contribution >= 0.6 is 0 Å². The summed E-state index contributed by atoms with van der Waals surface area (Å²) >= 11 is 0. The van der Waals surface area contributed by atoms with Crippen molar-refractivity contribution in [2.24, 2.45) is 0 Å². The number of hydrogen-bond acceptors (Lipinski definition) is 1. The molecule has 0 aromatic heterocycles. The van der Waals surface area contributed by atoms with Crippen LogP contribution in [-0.4, -0.2) is 5.11 Å². The molecule has 1 nitrogen and oxygen atoms in total. The summed E-state index contributed by atoms with van der Waals surface area (Å²) in [5.74, 6) is 0. The summed E-state index contributed by atoms with van der Waals surface area (Å²) in [6.07, 6.45) is -0.844. The van der Waals surface area contributed by atoms with Crippen molar-refractivity contribution in [1.29, 1.82) is 0 Å². The van der Waals surface area contributed by atoms with Crippen molar-refractivity contribution in [1.82, 2.24) is 0 Å². The molecule has 1 unspecified atom stereocenters. The predicted octanol–water partition coefficient (Wildman–Crippen LogP) is 4.49. The van der Waals surface area contributed by atoms with Crippen molar-refractivity contribution in [2.45, 2.75) is 51.3 Å². The predicted molar refractivity (Wildman–Crippen MR) is 65.2 cm³/mol. The molecule has 0 aliphatic carbocycles. The van der Waals surface area contributed by atoms with Crippen molar-refractivity contribution in [3.8, 4) is 0 Å². The highest BCUT2D eigenvalue weighted by Crippen LogP contribution is 2.32. The van der Waals surface area contributed by atoms with Gasteiger partial charge >= 0.3 is 6.18 Å². The van der Waals surface area contributed by atoms with Gasteiger partial charge in [0.1, 0.15) is 0 Å². The molecule has 0 fully saturated rings. The molecule has 0 saturated carbocycles. The number of alkyl halides is 3. The van der Waals surface area contributed by atoms with E-state index in [0.717, 1.165) is 31.4 Å². The van der Waals surface area contributed by atoms with E-state index in [-0.39, 0.29) is 0 Å². The van der Waals surface area contributed by atoms with Crippen LogP contribution in [0.4, 0.5) is 13.2 Å². The molecule has 0 heterocycles. The molecular formula is C14H19F3O. The summed E-state index contributed by atoms with van der Waals surface area (Å²) in [6.45, 7) is 3.71. The largest absolute Gasteiger partial charge is 0.416 e. The lowest BCUT2D eigenvalue weighted by atomic mass is 9.89. The standard InChI is InChI=1S/C14H19F3O/c1-3-4-5-10-13(2,18)11-6-8-12(9-7-11)14(15,16)17/h6-9,18H,3-5,10H2,1-2H3. The van der Waals surface area contributed by atoms with E-state index >= 15 is 0 Å². The summed E-state index contributed by atoms with van der Waals surface area (Å²) in [5, 5.41) is 10.2. The third-order valence-corrected chi connectivity index (χ3v) is 3.10. The zero-order valence-electron chi connectivity index (χ0n) is 10.7. The average Bonchev–Trinajstić information content (AvgIpc) is 2.28. The Hall–Kier alpha value is -1.03. The Bertz CT molecular complexity index is 366. The minimum Gasteiger partial charge on any atom is -0.385 e. The van der Waals surface area contributed by atoms with Crippen molar-refractivity contribution in [3.05, 3.63) is 35.4 Å².